The van der Waals surface area contributed by atoms with Crippen LogP contribution in [0.15, 0.2) is 72.1 Å². The number of nitrogens with one attached hydrogen (secondary N) is 1. The Morgan fingerprint density at radius 2 is 1.81 bits per heavy atom. The predicted octanol–water partition coefficient (Wildman–Crippen LogP) is 3.93. The number of sulfonamides is 1. The topological polar surface area (TPSA) is 84.3 Å². The monoisotopic (exact) mass is 452 g/mol. The molecule has 168 valence electrons. The Hall–Kier alpha value is -2.97. The number of benzene rings is 2. The fourth-order valence-corrected chi connectivity index (χ4v) is 5.75. The minimum atomic E-state index is -3.55. The Labute approximate surface area is 189 Å². The molecule has 0 saturated carbocycles. The average Bonchev–Trinajstić information content (AvgIpc) is 3.34. The minimum absolute atomic E-state index is 0.00209. The molecule has 2 heterocycles. The molecule has 7 nitrogen and oxygen atoms in total. The quantitative estimate of drug-likeness (QED) is 0.614. The molecule has 1 saturated heterocycles. The van der Waals surface area contributed by atoms with E-state index in [4.69, 9.17) is 0 Å². The lowest BCUT2D eigenvalue weighted by molar-refractivity contribution is 0.0939. The summed E-state index contributed by atoms with van der Waals surface area (Å²) in [7, 11) is -3.55. The minimum Gasteiger partial charge on any atom is -0.346 e. The van der Waals surface area contributed by atoms with Gasteiger partial charge in [-0.1, -0.05) is 18.6 Å². The molecular weight excluding hydrogens is 424 g/mol. The van der Waals surface area contributed by atoms with Gasteiger partial charge >= 0.3 is 0 Å². The SMILES string of the molecule is CC(NC(=O)c1ccc(S(=O)(=O)N2CCCCC2C)cc1)c1ccc(-n2ccnc2)cc1. The molecule has 0 aliphatic carbocycles. The second-order valence-corrected chi connectivity index (χ2v) is 10.1. The molecule has 3 aromatic rings. The van der Waals surface area contributed by atoms with Crippen LogP contribution in [0.5, 0.6) is 0 Å². The van der Waals surface area contributed by atoms with E-state index in [2.05, 4.69) is 10.3 Å². The van der Waals surface area contributed by atoms with E-state index in [1.165, 1.54) is 12.1 Å². The van der Waals surface area contributed by atoms with Crippen LogP contribution < -0.4 is 5.32 Å². The highest BCUT2D eigenvalue weighted by Gasteiger charge is 2.30. The second-order valence-electron chi connectivity index (χ2n) is 8.24. The molecule has 1 N–H and O–H groups in total. The molecule has 2 aromatic carbocycles. The zero-order valence-electron chi connectivity index (χ0n) is 18.3. The van der Waals surface area contributed by atoms with E-state index >= 15 is 0 Å². The van der Waals surface area contributed by atoms with Crippen molar-refractivity contribution < 1.29 is 13.2 Å². The molecular formula is C24H28N4O3S. The van der Waals surface area contributed by atoms with Gasteiger partial charge in [0.05, 0.1) is 17.3 Å². The van der Waals surface area contributed by atoms with E-state index in [-0.39, 0.29) is 22.9 Å². The number of aromatic nitrogens is 2. The Bertz CT molecular complexity index is 1160. The third kappa shape index (κ3) is 4.61. The number of rotatable bonds is 6. The number of piperidine rings is 1. The maximum Gasteiger partial charge on any atom is 0.251 e. The van der Waals surface area contributed by atoms with Crippen LogP contribution in [0.2, 0.25) is 0 Å². The summed E-state index contributed by atoms with van der Waals surface area (Å²) in [6.07, 6.45) is 8.13. The van der Waals surface area contributed by atoms with Crippen LogP contribution in [0.25, 0.3) is 5.69 Å². The number of hydrogen-bond donors (Lipinski definition) is 1. The highest BCUT2D eigenvalue weighted by Crippen LogP contribution is 2.25. The Balaban J connectivity index is 1.42. The van der Waals surface area contributed by atoms with E-state index in [0.717, 1.165) is 30.5 Å². The number of hydrogen-bond acceptors (Lipinski definition) is 4. The van der Waals surface area contributed by atoms with Crippen molar-refractivity contribution in [3.63, 3.8) is 0 Å². The summed E-state index contributed by atoms with van der Waals surface area (Å²) in [4.78, 5) is 17.0. The fourth-order valence-electron chi connectivity index (χ4n) is 4.05. The van der Waals surface area contributed by atoms with E-state index in [9.17, 15) is 13.2 Å². The number of imidazole rings is 1. The van der Waals surface area contributed by atoms with Gasteiger partial charge in [0.25, 0.3) is 5.91 Å². The molecule has 0 bridgehead atoms. The lowest BCUT2D eigenvalue weighted by Crippen LogP contribution is -2.41. The van der Waals surface area contributed by atoms with Gasteiger partial charge in [-0.3, -0.25) is 4.79 Å². The van der Waals surface area contributed by atoms with Crippen molar-refractivity contribution >= 4 is 15.9 Å². The summed E-state index contributed by atoms with van der Waals surface area (Å²) in [5.41, 5.74) is 2.39. The van der Waals surface area contributed by atoms with E-state index in [1.807, 2.05) is 48.9 Å². The van der Waals surface area contributed by atoms with Crippen molar-refractivity contribution in [1.82, 2.24) is 19.2 Å². The molecule has 1 fully saturated rings. The summed E-state index contributed by atoms with van der Waals surface area (Å²) in [6.45, 7) is 4.41. The molecule has 1 aliphatic rings. The second kappa shape index (κ2) is 9.26. The summed E-state index contributed by atoms with van der Waals surface area (Å²) >= 11 is 0. The summed E-state index contributed by atoms with van der Waals surface area (Å²) in [5, 5.41) is 2.98. The number of carbonyl (C=O) groups excluding carboxylic acids is 1. The predicted molar refractivity (Wildman–Crippen MR) is 123 cm³/mol. The third-order valence-electron chi connectivity index (χ3n) is 6.01. The summed E-state index contributed by atoms with van der Waals surface area (Å²) in [6, 6.07) is 13.9. The van der Waals surface area contributed by atoms with Crippen molar-refractivity contribution in [2.45, 2.75) is 50.1 Å². The normalized spacial score (nSPS) is 18.2. The van der Waals surface area contributed by atoms with Gasteiger partial charge in [-0.25, -0.2) is 13.4 Å². The van der Waals surface area contributed by atoms with Crippen molar-refractivity contribution in [3.8, 4) is 5.69 Å². The van der Waals surface area contributed by atoms with Crippen LogP contribution >= 0.6 is 0 Å². The van der Waals surface area contributed by atoms with E-state index in [0.29, 0.717) is 12.1 Å². The van der Waals surface area contributed by atoms with Crippen molar-refractivity contribution in [2.24, 2.45) is 0 Å². The molecule has 1 amide bonds. The van der Waals surface area contributed by atoms with Crippen molar-refractivity contribution in [2.75, 3.05) is 6.54 Å². The first kappa shape index (κ1) is 22.2. The van der Waals surface area contributed by atoms with Crippen molar-refractivity contribution in [3.05, 3.63) is 78.4 Å². The van der Waals surface area contributed by atoms with Gasteiger partial charge in [-0.05, 0) is 68.7 Å². The highest BCUT2D eigenvalue weighted by molar-refractivity contribution is 7.89. The molecule has 32 heavy (non-hydrogen) atoms. The Morgan fingerprint density at radius 3 is 2.44 bits per heavy atom. The first-order valence-corrected chi connectivity index (χ1v) is 12.3. The number of nitrogens with zero attached hydrogens (tertiary/aromatic N) is 3. The van der Waals surface area contributed by atoms with Crippen LogP contribution in [-0.4, -0.2) is 40.8 Å². The Kier molecular flexibility index (Phi) is 6.43. The average molecular weight is 453 g/mol. The van der Waals surface area contributed by atoms with Gasteiger partial charge in [0.2, 0.25) is 10.0 Å². The molecule has 0 radical (unpaired) electrons. The first-order valence-electron chi connectivity index (χ1n) is 10.9. The summed E-state index contributed by atoms with van der Waals surface area (Å²) < 4.78 is 29.4. The molecule has 1 aliphatic heterocycles. The molecule has 8 heteroatoms. The molecule has 2 unspecified atom stereocenters. The van der Waals surface area contributed by atoms with Crippen LogP contribution in [0.4, 0.5) is 0 Å². The fraction of sp³-hybridized carbons (Fsp3) is 0.333. The Morgan fingerprint density at radius 1 is 1.09 bits per heavy atom. The molecule has 2 atom stereocenters. The van der Waals surface area contributed by atoms with Gasteiger partial charge < -0.3 is 9.88 Å². The van der Waals surface area contributed by atoms with Crippen LogP contribution in [0, 0.1) is 0 Å². The number of amides is 1. The zero-order chi connectivity index (χ0) is 22.7. The number of carbonyl (C=O) groups is 1. The highest BCUT2D eigenvalue weighted by atomic mass is 32.2. The summed E-state index contributed by atoms with van der Waals surface area (Å²) in [5.74, 6) is -0.244. The van der Waals surface area contributed by atoms with Gasteiger partial charge in [0.1, 0.15) is 0 Å². The maximum absolute atomic E-state index is 13.0. The lowest BCUT2D eigenvalue weighted by Gasteiger charge is -2.32. The zero-order valence-corrected chi connectivity index (χ0v) is 19.1. The smallest absolute Gasteiger partial charge is 0.251 e. The van der Waals surface area contributed by atoms with Gasteiger partial charge in [0, 0.05) is 36.2 Å². The lowest BCUT2D eigenvalue weighted by atomic mass is 10.1. The van der Waals surface area contributed by atoms with Gasteiger partial charge in [-0.2, -0.15) is 4.31 Å². The van der Waals surface area contributed by atoms with Crippen LogP contribution in [-0.2, 0) is 10.0 Å². The first-order chi connectivity index (χ1) is 15.4. The van der Waals surface area contributed by atoms with E-state index in [1.54, 1.807) is 29.0 Å². The largest absolute Gasteiger partial charge is 0.346 e. The third-order valence-corrected chi connectivity index (χ3v) is 8.04. The van der Waals surface area contributed by atoms with Crippen LogP contribution in [0.1, 0.15) is 55.1 Å². The molecule has 0 spiro atoms. The molecule has 4 rings (SSSR count). The maximum atomic E-state index is 13.0. The molecule has 1 aromatic heterocycles. The van der Waals surface area contributed by atoms with Gasteiger partial charge in [0.15, 0.2) is 0 Å². The van der Waals surface area contributed by atoms with Crippen LogP contribution in [0.3, 0.4) is 0 Å². The standard InChI is InChI=1S/C24H28N4O3S/c1-18-5-3-4-15-28(18)32(30,31)23-12-8-21(9-13-23)24(29)26-19(2)20-6-10-22(11-7-20)27-16-14-25-17-27/h6-14,16-19H,3-5,15H2,1-2H3,(H,26,29). The van der Waals surface area contributed by atoms with E-state index < -0.39 is 10.0 Å². The van der Waals surface area contributed by atoms with Gasteiger partial charge in [-0.15, -0.1) is 0 Å². The van der Waals surface area contributed by atoms with Crippen molar-refractivity contribution in [1.29, 1.82) is 0 Å².